The van der Waals surface area contributed by atoms with Crippen molar-refractivity contribution in [2.24, 2.45) is 0 Å². The first-order valence-electron chi connectivity index (χ1n) is 6.90. The van der Waals surface area contributed by atoms with Crippen LogP contribution < -0.4 is 4.90 Å². The van der Waals surface area contributed by atoms with Crippen molar-refractivity contribution in [3.8, 4) is 0 Å². The monoisotopic (exact) mass is 230 g/mol. The zero-order chi connectivity index (χ0) is 11.9. The van der Waals surface area contributed by atoms with E-state index in [1.165, 1.54) is 37.7 Å². The molecule has 1 atom stereocenters. The quantitative estimate of drug-likeness (QED) is 0.811. The molecular weight excluding hydrogens is 206 g/mol. The molecule has 1 saturated carbocycles. The van der Waals surface area contributed by atoms with E-state index >= 15 is 0 Å². The number of likely N-dealkylation sites (N-methyl/N-ethyl adjacent to an activating group) is 1. The normalized spacial score (nSPS) is 19.6. The molecule has 17 heavy (non-hydrogen) atoms. The Hall–Kier alpha value is -1.08. The Morgan fingerprint density at radius 1 is 1.12 bits per heavy atom. The number of nitrogens with one attached hydrogen (secondary N) is 1. The summed E-state index contributed by atoms with van der Waals surface area (Å²) in [5.41, 5.74) is 1.31. The van der Waals surface area contributed by atoms with Crippen LogP contribution in [-0.2, 0) is 0 Å². The highest BCUT2D eigenvalue weighted by molar-refractivity contribution is 5.48. The van der Waals surface area contributed by atoms with Crippen molar-refractivity contribution in [3.63, 3.8) is 0 Å². The molecule has 1 fully saturated rings. The van der Waals surface area contributed by atoms with Crippen LogP contribution in [0.5, 0.6) is 0 Å². The van der Waals surface area contributed by atoms with Gasteiger partial charge >= 0.3 is 0 Å². The fourth-order valence-electron chi connectivity index (χ4n) is 2.71. The minimum Gasteiger partial charge on any atom is -0.332 e. The third-order valence-corrected chi connectivity index (χ3v) is 3.85. The molecule has 1 N–H and O–H groups in total. The van der Waals surface area contributed by atoms with Crippen LogP contribution in [0.15, 0.2) is 36.4 Å². The van der Waals surface area contributed by atoms with E-state index in [1.807, 2.05) is 0 Å². The average molecular weight is 230 g/mol. The van der Waals surface area contributed by atoms with Crippen LogP contribution in [0.4, 0.5) is 0 Å². The van der Waals surface area contributed by atoms with Crippen molar-refractivity contribution < 1.29 is 4.90 Å². The summed E-state index contributed by atoms with van der Waals surface area (Å²) in [4.78, 5) is 1.68. The Balaban J connectivity index is 1.79. The average Bonchev–Trinajstić information content (AvgIpc) is 2.41. The van der Waals surface area contributed by atoms with Gasteiger partial charge in [-0.05, 0) is 37.3 Å². The zero-order valence-corrected chi connectivity index (χ0v) is 10.9. The van der Waals surface area contributed by atoms with Crippen LogP contribution in [0.2, 0.25) is 0 Å². The Bertz CT molecular complexity index is 336. The summed E-state index contributed by atoms with van der Waals surface area (Å²) in [6, 6.07) is 11.5. The highest BCUT2D eigenvalue weighted by Gasteiger charge is 2.19. The molecular formula is C16H24N+. The Kier molecular flexibility index (Phi) is 4.81. The van der Waals surface area contributed by atoms with Crippen molar-refractivity contribution >= 4 is 6.08 Å². The fourth-order valence-corrected chi connectivity index (χ4v) is 2.71. The Morgan fingerprint density at radius 3 is 2.53 bits per heavy atom. The van der Waals surface area contributed by atoms with Gasteiger partial charge in [0.05, 0.1) is 19.6 Å². The van der Waals surface area contributed by atoms with Crippen molar-refractivity contribution in [1.82, 2.24) is 0 Å². The first-order valence-corrected chi connectivity index (χ1v) is 6.90. The second-order valence-corrected chi connectivity index (χ2v) is 5.20. The smallest absolute Gasteiger partial charge is 0.0961 e. The van der Waals surface area contributed by atoms with Gasteiger partial charge < -0.3 is 4.90 Å². The van der Waals surface area contributed by atoms with Gasteiger partial charge in [-0.15, -0.1) is 0 Å². The van der Waals surface area contributed by atoms with Gasteiger partial charge in [-0.25, -0.2) is 0 Å². The molecule has 1 heteroatoms. The van der Waals surface area contributed by atoms with E-state index in [-0.39, 0.29) is 0 Å². The maximum atomic E-state index is 2.34. The first-order chi connectivity index (χ1) is 8.36. The minimum absolute atomic E-state index is 0.893. The first kappa shape index (κ1) is 12.4. The molecule has 0 radical (unpaired) electrons. The summed E-state index contributed by atoms with van der Waals surface area (Å²) in [7, 11) is 2.34. The van der Waals surface area contributed by atoms with Crippen molar-refractivity contribution in [3.05, 3.63) is 42.0 Å². The lowest BCUT2D eigenvalue weighted by Crippen LogP contribution is -3.12. The largest absolute Gasteiger partial charge is 0.332 e. The van der Waals surface area contributed by atoms with Crippen molar-refractivity contribution in [2.75, 3.05) is 13.6 Å². The Labute approximate surface area is 105 Å². The molecule has 0 aliphatic heterocycles. The zero-order valence-electron chi connectivity index (χ0n) is 10.9. The Morgan fingerprint density at radius 2 is 1.82 bits per heavy atom. The predicted molar refractivity (Wildman–Crippen MR) is 74.1 cm³/mol. The van der Waals surface area contributed by atoms with E-state index in [0.717, 1.165) is 12.6 Å². The molecule has 1 aromatic carbocycles. The number of rotatable bonds is 4. The second kappa shape index (κ2) is 6.61. The van der Waals surface area contributed by atoms with E-state index in [1.54, 1.807) is 4.90 Å². The van der Waals surface area contributed by atoms with Crippen molar-refractivity contribution in [1.29, 1.82) is 0 Å². The van der Waals surface area contributed by atoms with Crippen LogP contribution in [-0.4, -0.2) is 19.6 Å². The van der Waals surface area contributed by atoms with E-state index in [2.05, 4.69) is 49.5 Å². The molecule has 92 valence electrons. The van der Waals surface area contributed by atoms with E-state index in [0.29, 0.717) is 0 Å². The second-order valence-electron chi connectivity index (χ2n) is 5.20. The summed E-state index contributed by atoms with van der Waals surface area (Å²) in [5.74, 6) is 0. The molecule has 1 nitrogen and oxygen atoms in total. The summed E-state index contributed by atoms with van der Waals surface area (Å²) in [6.07, 6.45) is 11.7. The molecule has 1 aromatic rings. The number of hydrogen-bond acceptors (Lipinski definition) is 0. The summed E-state index contributed by atoms with van der Waals surface area (Å²) >= 11 is 0. The lowest BCUT2D eigenvalue weighted by molar-refractivity contribution is -0.901. The summed E-state index contributed by atoms with van der Waals surface area (Å²) in [6.45, 7) is 1.15. The van der Waals surface area contributed by atoms with Crippen LogP contribution >= 0.6 is 0 Å². The van der Waals surface area contributed by atoms with Crippen LogP contribution in [0.3, 0.4) is 0 Å². The van der Waals surface area contributed by atoms with E-state index in [4.69, 9.17) is 0 Å². The minimum atomic E-state index is 0.893. The van der Waals surface area contributed by atoms with Gasteiger partial charge in [0, 0.05) is 0 Å². The maximum absolute atomic E-state index is 2.34. The van der Waals surface area contributed by atoms with Crippen LogP contribution in [0.25, 0.3) is 6.08 Å². The molecule has 0 aromatic heterocycles. The predicted octanol–water partition coefficient (Wildman–Crippen LogP) is 2.55. The lowest BCUT2D eigenvalue weighted by atomic mass is 9.94. The van der Waals surface area contributed by atoms with E-state index in [9.17, 15) is 0 Å². The fraction of sp³-hybridized carbons (Fsp3) is 0.500. The van der Waals surface area contributed by atoms with Crippen LogP contribution in [0.1, 0.15) is 37.7 Å². The molecule has 1 unspecified atom stereocenters. The molecule has 1 aliphatic rings. The van der Waals surface area contributed by atoms with Gasteiger partial charge in [0.1, 0.15) is 0 Å². The summed E-state index contributed by atoms with van der Waals surface area (Å²) < 4.78 is 0. The van der Waals surface area contributed by atoms with Gasteiger partial charge in [-0.1, -0.05) is 42.8 Å². The molecule has 0 heterocycles. The number of hydrogen-bond donors (Lipinski definition) is 1. The highest BCUT2D eigenvalue weighted by atomic mass is 15.1. The van der Waals surface area contributed by atoms with Gasteiger partial charge in [0.25, 0.3) is 0 Å². The molecule has 0 saturated heterocycles. The molecule has 0 amide bonds. The maximum Gasteiger partial charge on any atom is 0.0961 e. The van der Waals surface area contributed by atoms with Gasteiger partial charge in [-0.3, -0.25) is 0 Å². The highest BCUT2D eigenvalue weighted by Crippen LogP contribution is 2.15. The van der Waals surface area contributed by atoms with Crippen LogP contribution in [0, 0.1) is 0 Å². The van der Waals surface area contributed by atoms with Gasteiger partial charge in [-0.2, -0.15) is 0 Å². The van der Waals surface area contributed by atoms with E-state index < -0.39 is 0 Å². The topological polar surface area (TPSA) is 4.44 Å². The molecule has 0 spiro atoms. The number of quaternary nitrogens is 1. The third kappa shape index (κ3) is 4.01. The van der Waals surface area contributed by atoms with Gasteiger partial charge in [0.2, 0.25) is 0 Å². The van der Waals surface area contributed by atoms with Crippen molar-refractivity contribution in [2.45, 2.75) is 38.1 Å². The third-order valence-electron chi connectivity index (χ3n) is 3.85. The lowest BCUT2D eigenvalue weighted by Gasteiger charge is -2.27. The standard InChI is InChI=1S/C16H23N/c1-17(16-12-6-3-7-13-16)14-8-11-15-9-4-2-5-10-15/h2,4-5,8-11,16H,3,6-7,12-14H2,1H3/p+1/b11-8+. The van der Waals surface area contributed by atoms with Gasteiger partial charge in [0.15, 0.2) is 0 Å². The summed E-state index contributed by atoms with van der Waals surface area (Å²) in [5, 5.41) is 0. The molecule has 1 aliphatic carbocycles. The number of benzene rings is 1. The SMILES string of the molecule is C[NH+](C/C=C/c1ccccc1)C1CCCCC1. The molecule has 0 bridgehead atoms. The molecule has 2 rings (SSSR count).